The van der Waals surface area contributed by atoms with E-state index in [0.717, 1.165) is 4.88 Å². The minimum Gasteiger partial charge on any atom is -0.461 e. The molecule has 1 aromatic rings. The van der Waals surface area contributed by atoms with E-state index in [1.54, 1.807) is 37.4 Å². The average Bonchev–Trinajstić information content (AvgIpc) is 3.08. The highest BCUT2D eigenvalue weighted by Crippen LogP contribution is 2.25. The van der Waals surface area contributed by atoms with Gasteiger partial charge in [-0.25, -0.2) is 4.79 Å². The van der Waals surface area contributed by atoms with Gasteiger partial charge in [0, 0.05) is 11.1 Å². The summed E-state index contributed by atoms with van der Waals surface area (Å²) in [5, 5.41) is 20.2. The third kappa shape index (κ3) is 3.76. The molecule has 0 fully saturated rings. The first-order chi connectivity index (χ1) is 11.2. The first-order valence-electron chi connectivity index (χ1n) is 6.82. The zero-order valence-electron chi connectivity index (χ0n) is 12.4. The Bertz CT molecular complexity index is 771. The lowest BCUT2D eigenvalue weighted by Gasteiger charge is -2.25. The Morgan fingerprint density at radius 3 is 2.78 bits per heavy atom. The molecule has 2 rings (SSSR count). The molecule has 5 nitrogen and oxygen atoms in total. The third-order valence-corrected chi connectivity index (χ3v) is 3.73. The molecule has 0 amide bonds. The monoisotopic (exact) mass is 323 g/mol. The van der Waals surface area contributed by atoms with Crippen LogP contribution in [0.4, 0.5) is 0 Å². The molecule has 0 atom stereocenters. The number of ether oxygens (including phenoxy) is 1. The Hall–Kier alpha value is -3.09. The second-order valence-electron chi connectivity index (χ2n) is 4.32. The van der Waals surface area contributed by atoms with E-state index in [2.05, 4.69) is 0 Å². The Morgan fingerprint density at radius 2 is 2.17 bits per heavy atom. The van der Waals surface area contributed by atoms with Gasteiger partial charge in [-0.3, -0.25) is 0 Å². The normalized spacial score (nSPS) is 13.4. The van der Waals surface area contributed by atoms with Crippen molar-refractivity contribution in [2.24, 2.45) is 0 Å². The summed E-state index contributed by atoms with van der Waals surface area (Å²) in [5.41, 5.74) is 0.508. The van der Waals surface area contributed by atoms with Crippen molar-refractivity contribution in [3.8, 4) is 12.1 Å². The van der Waals surface area contributed by atoms with E-state index in [0.29, 0.717) is 5.70 Å². The van der Waals surface area contributed by atoms with Crippen molar-refractivity contribution in [1.29, 1.82) is 10.5 Å². The summed E-state index contributed by atoms with van der Waals surface area (Å²) in [6.07, 6.45) is 8.34. The summed E-state index contributed by atoms with van der Waals surface area (Å²) >= 11 is 1.47. The Kier molecular flexibility index (Phi) is 5.51. The summed E-state index contributed by atoms with van der Waals surface area (Å²) in [6, 6.07) is 7.44. The average molecular weight is 323 g/mol. The van der Waals surface area contributed by atoms with Gasteiger partial charge in [-0.2, -0.15) is 10.5 Å². The van der Waals surface area contributed by atoms with Crippen molar-refractivity contribution in [2.45, 2.75) is 6.92 Å². The number of nitriles is 2. The molecule has 0 spiro atoms. The highest BCUT2D eigenvalue weighted by molar-refractivity contribution is 7.10. The van der Waals surface area contributed by atoms with Crippen LogP contribution in [0, 0.1) is 22.7 Å². The van der Waals surface area contributed by atoms with Crippen LogP contribution >= 0.6 is 11.3 Å². The molecule has 2 heterocycles. The molecule has 0 N–H and O–H groups in total. The number of allylic oxidation sites excluding steroid dienone is 4. The van der Waals surface area contributed by atoms with E-state index in [9.17, 15) is 4.79 Å². The maximum atomic E-state index is 12.3. The van der Waals surface area contributed by atoms with Crippen LogP contribution in [0.1, 0.15) is 11.8 Å². The van der Waals surface area contributed by atoms with Gasteiger partial charge in [-0.1, -0.05) is 12.1 Å². The zero-order chi connectivity index (χ0) is 16.7. The van der Waals surface area contributed by atoms with Crippen molar-refractivity contribution in [3.63, 3.8) is 0 Å². The third-order valence-electron chi connectivity index (χ3n) is 2.91. The van der Waals surface area contributed by atoms with Crippen LogP contribution in [0.2, 0.25) is 0 Å². The fraction of sp³-hybridized carbons (Fsp3) is 0.118. The minimum absolute atomic E-state index is 0.0769. The largest absolute Gasteiger partial charge is 0.461 e. The number of hydrogen-bond acceptors (Lipinski definition) is 6. The Balaban J connectivity index is 2.54. The second-order valence-corrected chi connectivity index (χ2v) is 5.30. The number of rotatable bonds is 4. The smallest absolute Gasteiger partial charge is 0.355 e. The number of carbonyl (C=O) groups is 1. The number of esters is 1. The van der Waals surface area contributed by atoms with Gasteiger partial charge in [0.05, 0.1) is 12.3 Å². The van der Waals surface area contributed by atoms with E-state index in [1.807, 2.05) is 29.7 Å². The highest BCUT2D eigenvalue weighted by atomic mass is 32.1. The van der Waals surface area contributed by atoms with Crippen LogP contribution in [-0.2, 0) is 9.53 Å². The second kappa shape index (κ2) is 7.79. The molecule has 114 valence electrons. The van der Waals surface area contributed by atoms with Crippen LogP contribution in [0.15, 0.2) is 58.9 Å². The first-order valence-corrected chi connectivity index (χ1v) is 7.70. The molecule has 0 aliphatic carbocycles. The maximum absolute atomic E-state index is 12.3. The van der Waals surface area contributed by atoms with E-state index >= 15 is 0 Å². The molecule has 1 aliphatic rings. The van der Waals surface area contributed by atoms with Gasteiger partial charge in [0.25, 0.3) is 0 Å². The highest BCUT2D eigenvalue weighted by Gasteiger charge is 2.23. The zero-order valence-corrected chi connectivity index (χ0v) is 13.2. The summed E-state index contributed by atoms with van der Waals surface area (Å²) in [6.45, 7) is 1.95. The van der Waals surface area contributed by atoms with Crippen LogP contribution < -0.4 is 0 Å². The van der Waals surface area contributed by atoms with Gasteiger partial charge < -0.3 is 9.64 Å². The SMILES string of the molecule is CCOC(=O)/C(=C\c1cccs1)N1C=CC=CC1=C(C#N)C#N. The number of nitrogens with zero attached hydrogens (tertiary/aromatic N) is 3. The molecular weight excluding hydrogens is 310 g/mol. The summed E-state index contributed by atoms with van der Waals surface area (Å²) in [5.74, 6) is -0.520. The van der Waals surface area contributed by atoms with Gasteiger partial charge in [0.15, 0.2) is 5.57 Å². The maximum Gasteiger partial charge on any atom is 0.355 e. The van der Waals surface area contributed by atoms with Crippen LogP contribution in [0.5, 0.6) is 0 Å². The molecule has 1 aliphatic heterocycles. The molecule has 0 radical (unpaired) electrons. The quantitative estimate of drug-likeness (QED) is 0.482. The topological polar surface area (TPSA) is 77.1 Å². The molecular formula is C17H13N3O2S. The van der Waals surface area contributed by atoms with E-state index in [1.165, 1.54) is 16.2 Å². The number of hydrogen-bond donors (Lipinski definition) is 0. The Labute approximate surface area is 138 Å². The van der Waals surface area contributed by atoms with Crippen LogP contribution in [-0.4, -0.2) is 17.5 Å². The summed E-state index contributed by atoms with van der Waals surface area (Å²) in [4.78, 5) is 14.7. The van der Waals surface area contributed by atoms with E-state index < -0.39 is 5.97 Å². The van der Waals surface area contributed by atoms with Crippen LogP contribution in [0.25, 0.3) is 6.08 Å². The van der Waals surface area contributed by atoms with Gasteiger partial charge in [-0.05, 0) is 36.6 Å². The summed E-state index contributed by atoms with van der Waals surface area (Å²) in [7, 11) is 0. The van der Waals surface area contributed by atoms with Gasteiger partial charge in [-0.15, -0.1) is 11.3 Å². The molecule has 1 aromatic heterocycles. The predicted octanol–water partition coefficient (Wildman–Crippen LogP) is 3.34. The molecule has 0 aromatic carbocycles. The fourth-order valence-corrected chi connectivity index (χ4v) is 2.59. The summed E-state index contributed by atoms with van der Waals surface area (Å²) < 4.78 is 5.11. The predicted molar refractivity (Wildman–Crippen MR) is 87.3 cm³/mol. The molecule has 0 saturated heterocycles. The molecule has 6 heteroatoms. The van der Waals surface area contributed by atoms with Gasteiger partial charge in [0.2, 0.25) is 0 Å². The van der Waals surface area contributed by atoms with Crippen LogP contribution in [0.3, 0.4) is 0 Å². The molecule has 0 bridgehead atoms. The van der Waals surface area contributed by atoms with Crippen molar-refractivity contribution < 1.29 is 9.53 Å². The lowest BCUT2D eigenvalue weighted by molar-refractivity contribution is -0.139. The van der Waals surface area contributed by atoms with Crippen molar-refractivity contribution >= 4 is 23.4 Å². The van der Waals surface area contributed by atoms with E-state index in [4.69, 9.17) is 15.3 Å². The van der Waals surface area contributed by atoms with Crippen molar-refractivity contribution in [2.75, 3.05) is 6.61 Å². The van der Waals surface area contributed by atoms with Gasteiger partial charge in [0.1, 0.15) is 17.8 Å². The minimum atomic E-state index is -0.520. The lowest BCUT2D eigenvalue weighted by Crippen LogP contribution is -2.25. The van der Waals surface area contributed by atoms with Crippen molar-refractivity contribution in [3.05, 3.63) is 63.8 Å². The lowest BCUT2D eigenvalue weighted by atomic mass is 10.1. The Morgan fingerprint density at radius 1 is 1.39 bits per heavy atom. The number of carbonyl (C=O) groups excluding carboxylic acids is 1. The number of thiophene rings is 1. The standard InChI is InChI=1S/C17H13N3O2S/c1-2-22-17(21)16(10-14-6-5-9-23-14)20-8-4-3-7-15(20)13(11-18)12-19/h3-10H,2H2,1H3/b16-10+. The molecule has 0 saturated carbocycles. The molecule has 0 unspecified atom stereocenters. The first kappa shape index (κ1) is 16.3. The van der Waals surface area contributed by atoms with Crippen molar-refractivity contribution in [1.82, 2.24) is 4.90 Å². The fourth-order valence-electron chi connectivity index (χ4n) is 1.94. The molecule has 23 heavy (non-hydrogen) atoms. The van der Waals surface area contributed by atoms with Gasteiger partial charge >= 0.3 is 5.97 Å². The van der Waals surface area contributed by atoms with E-state index in [-0.39, 0.29) is 17.9 Å².